The topological polar surface area (TPSA) is 137 Å². The second kappa shape index (κ2) is 21.0. The van der Waals surface area contributed by atoms with Crippen LogP contribution in [0.25, 0.3) is 0 Å². The van der Waals surface area contributed by atoms with Crippen LogP contribution in [0.2, 0.25) is 3.97 Å². The molecule has 14 heteroatoms. The molecule has 1 fully saturated rings. The van der Waals surface area contributed by atoms with Crippen molar-refractivity contribution in [2.24, 2.45) is 0 Å². The van der Waals surface area contributed by atoms with Crippen molar-refractivity contribution in [1.82, 2.24) is 14.2 Å². The van der Waals surface area contributed by atoms with Gasteiger partial charge in [-0.1, -0.05) is 0 Å². The number of ether oxygens (including phenoxy) is 4. The van der Waals surface area contributed by atoms with Gasteiger partial charge < -0.3 is 0 Å². The van der Waals surface area contributed by atoms with Crippen molar-refractivity contribution < 1.29 is 28.0 Å². The Bertz CT molecular complexity index is 2230. The van der Waals surface area contributed by atoms with E-state index in [1.54, 1.807) is 27.3 Å². The third-order valence-corrected chi connectivity index (χ3v) is 16.1. The number of H-pyrrole nitrogens is 1. The van der Waals surface area contributed by atoms with Crippen LogP contribution < -0.4 is 24.3 Å². The average Bonchev–Trinajstić information content (AvgIpc) is 3.58. The van der Waals surface area contributed by atoms with Gasteiger partial charge in [-0.05, 0) is 0 Å². The first-order valence-corrected chi connectivity index (χ1v) is 23.6. The normalized spacial score (nSPS) is 18.5. The number of methoxy groups -OCH3 is 2. The first-order chi connectivity index (χ1) is 29.0. The second-order valence-corrected chi connectivity index (χ2v) is 19.8. The van der Waals surface area contributed by atoms with E-state index in [1.165, 1.54) is 4.57 Å². The number of rotatable bonds is 19. The van der Waals surface area contributed by atoms with Gasteiger partial charge in [0.2, 0.25) is 0 Å². The van der Waals surface area contributed by atoms with E-state index in [-0.39, 0.29) is 35.7 Å². The van der Waals surface area contributed by atoms with Gasteiger partial charge in [0.25, 0.3) is 0 Å². The maximum absolute atomic E-state index is 13.7. The molecule has 60 heavy (non-hydrogen) atoms. The molecule has 1 aliphatic rings. The van der Waals surface area contributed by atoms with Crippen LogP contribution >= 0.6 is 8.53 Å². The van der Waals surface area contributed by atoms with Crippen LogP contribution in [0.1, 0.15) is 62.6 Å². The Morgan fingerprint density at radius 2 is 1.40 bits per heavy atom. The molecule has 0 spiro atoms. The molecule has 0 bridgehead atoms. The van der Waals surface area contributed by atoms with Crippen LogP contribution in [-0.4, -0.2) is 86.9 Å². The fraction of sp³-hybridized carbons (Fsp3) is 0.370. The van der Waals surface area contributed by atoms with Crippen LogP contribution in [0.4, 0.5) is 0 Å². The summed E-state index contributed by atoms with van der Waals surface area (Å²) >= 11 is -1.18. The molecule has 1 N–H and O–H groups in total. The van der Waals surface area contributed by atoms with Gasteiger partial charge in [0.05, 0.1) is 0 Å². The molecule has 316 valence electrons. The molecule has 4 aromatic carbocycles. The molecule has 5 atom stereocenters. The molecular weight excluding hydrogens is 895 g/mol. The first-order valence-electron chi connectivity index (χ1n) is 19.9. The zero-order chi connectivity index (χ0) is 42.8. The molecule has 0 amide bonds. The number of aryl methyl sites for hydroxylation is 1. The van der Waals surface area contributed by atoms with Gasteiger partial charge in [-0.3, -0.25) is 0 Å². The fourth-order valence-electron chi connectivity index (χ4n) is 7.43. The Morgan fingerprint density at radius 3 is 1.93 bits per heavy atom. The Kier molecular flexibility index (Phi) is 15.8. The Hall–Kier alpha value is -4.33. The first kappa shape index (κ1) is 45.2. The molecule has 1 aromatic heterocycles. The predicted octanol–water partition coefficient (Wildman–Crippen LogP) is 7.25. The maximum atomic E-state index is 13.7. The van der Waals surface area contributed by atoms with Crippen molar-refractivity contribution in [3.63, 3.8) is 0 Å². The van der Waals surface area contributed by atoms with Crippen molar-refractivity contribution in [3.8, 4) is 17.6 Å². The molecule has 6 rings (SSSR count). The summed E-state index contributed by atoms with van der Waals surface area (Å²) in [6, 6.07) is 38.1. The Balaban J connectivity index is 1.53. The SMILES string of the molecule is COc1ccc(C(OC[C@H]2O[C@@H](n3cc(C)c(=O)[nH]c3=O)[C@H]([Te]c3ccccc3)[C@@H]2OP(OCCC#N)N(C(C)C)C(C)C)(c2ccccc2)c2ccc(OC)cc2)cc1. The van der Waals surface area contributed by atoms with Gasteiger partial charge in [0.15, 0.2) is 0 Å². The second-order valence-electron chi connectivity index (χ2n) is 14.9. The number of nitriles is 1. The quantitative estimate of drug-likeness (QED) is 0.0390. The molecule has 0 aliphatic carbocycles. The zero-order valence-corrected chi connectivity index (χ0v) is 38.2. The summed E-state index contributed by atoms with van der Waals surface area (Å²) in [7, 11) is 1.52. The molecule has 5 aromatic rings. The Labute approximate surface area is 363 Å². The van der Waals surface area contributed by atoms with Gasteiger partial charge >= 0.3 is 365 Å². The van der Waals surface area contributed by atoms with Gasteiger partial charge in [0.1, 0.15) is 0 Å². The van der Waals surface area contributed by atoms with E-state index >= 15 is 0 Å². The van der Waals surface area contributed by atoms with E-state index in [0.717, 1.165) is 20.3 Å². The average molecular weight is 949 g/mol. The number of nitrogens with zero attached hydrogens (tertiary/aromatic N) is 3. The Morgan fingerprint density at radius 1 is 0.850 bits per heavy atom. The molecule has 12 nitrogen and oxygen atoms in total. The van der Waals surface area contributed by atoms with Crippen molar-refractivity contribution >= 4 is 33.1 Å². The van der Waals surface area contributed by atoms with Crippen LogP contribution in [0.5, 0.6) is 11.5 Å². The zero-order valence-electron chi connectivity index (χ0n) is 35.0. The van der Waals surface area contributed by atoms with E-state index in [1.807, 2.05) is 97.1 Å². The summed E-state index contributed by atoms with van der Waals surface area (Å²) in [5, 5.41) is 9.50. The summed E-state index contributed by atoms with van der Waals surface area (Å²) in [5.74, 6) is 1.40. The van der Waals surface area contributed by atoms with Crippen LogP contribution in [0.3, 0.4) is 0 Å². The summed E-state index contributed by atoms with van der Waals surface area (Å²) < 4.78 is 43.9. The van der Waals surface area contributed by atoms with Crippen LogP contribution in [0.15, 0.2) is 125 Å². The number of aromatic nitrogens is 2. The van der Waals surface area contributed by atoms with E-state index in [9.17, 15) is 14.9 Å². The van der Waals surface area contributed by atoms with Gasteiger partial charge in [0, 0.05) is 0 Å². The van der Waals surface area contributed by atoms with Crippen molar-refractivity contribution in [1.29, 1.82) is 5.26 Å². The summed E-state index contributed by atoms with van der Waals surface area (Å²) in [6.45, 7) is 10.3. The van der Waals surface area contributed by atoms with E-state index < -0.39 is 64.7 Å². The molecule has 0 saturated carbocycles. The van der Waals surface area contributed by atoms with Crippen molar-refractivity contribution in [3.05, 3.63) is 158 Å². The van der Waals surface area contributed by atoms with Crippen molar-refractivity contribution in [2.45, 2.75) is 81.1 Å². The summed E-state index contributed by atoms with van der Waals surface area (Å²) in [6.07, 6.45) is -0.436. The molecule has 2 heterocycles. The van der Waals surface area contributed by atoms with E-state index in [2.05, 4.69) is 55.6 Å². The number of nitrogens with one attached hydrogen (secondary N) is 1. The van der Waals surface area contributed by atoms with Crippen molar-refractivity contribution in [2.75, 3.05) is 27.4 Å². The number of benzene rings is 4. The standard InChI is InChI=1S/C46H53N4O8PTe/c1-31(2)50(32(3)4)59(56-28-14-27-47)58-41-40(57-44(42(41)60-39-17-12-9-13-18-39)49-29-33(5)43(51)48-45(49)52)30-55-46(34-15-10-8-11-16-34,35-19-23-37(53-6)24-20-35)36-21-25-38(54-7)26-22-36/h8-13,15-26,29,31-32,40-42,44H,14,28,30H2,1-7H3,(H,48,51,52)/t40-,41-,42-,44-,59?/m1/s1. The molecule has 0 radical (unpaired) electrons. The third kappa shape index (κ3) is 10.2. The van der Waals surface area contributed by atoms with E-state index in [0.29, 0.717) is 17.1 Å². The minimum absolute atomic E-state index is 0.0220. The number of hydrogen-bond acceptors (Lipinski definition) is 10. The van der Waals surface area contributed by atoms with E-state index in [4.69, 9.17) is 28.0 Å². The molecular formula is C46H53N4O8PTe. The number of aromatic amines is 1. The summed E-state index contributed by atoms with van der Waals surface area (Å²) in [5.41, 5.74) is 0.757. The molecule has 1 aliphatic heterocycles. The summed E-state index contributed by atoms with van der Waals surface area (Å²) in [4.78, 5) is 28.9. The van der Waals surface area contributed by atoms with Gasteiger partial charge in [-0.25, -0.2) is 0 Å². The molecule has 1 saturated heterocycles. The third-order valence-electron chi connectivity index (χ3n) is 10.2. The van der Waals surface area contributed by atoms with Gasteiger partial charge in [-0.2, -0.15) is 0 Å². The predicted molar refractivity (Wildman–Crippen MR) is 234 cm³/mol. The monoisotopic (exact) mass is 950 g/mol. The minimum atomic E-state index is -1.75. The van der Waals surface area contributed by atoms with Crippen LogP contribution in [-0.2, 0) is 24.1 Å². The number of hydrogen-bond donors (Lipinski definition) is 1. The van der Waals surface area contributed by atoms with Crippen LogP contribution in [0, 0.1) is 18.3 Å². The molecule has 1 unspecified atom stereocenters. The van der Waals surface area contributed by atoms with Gasteiger partial charge in [-0.15, -0.1) is 0 Å². The fourth-order valence-corrected chi connectivity index (χ4v) is 13.2.